The van der Waals surface area contributed by atoms with Crippen LogP contribution in [-0.4, -0.2) is 16.0 Å². The molecule has 1 heterocycles. The van der Waals surface area contributed by atoms with Gasteiger partial charge < -0.3 is 10.1 Å². The number of hydrogen-bond donors (Lipinski definition) is 1. The largest absolute Gasteiger partial charge is 0.472 e. The molecule has 5 heteroatoms. The fourth-order valence-electron chi connectivity index (χ4n) is 1.83. The Hall–Kier alpha value is -1.65. The highest BCUT2D eigenvalue weighted by atomic mass is 35.5. The van der Waals surface area contributed by atoms with E-state index in [-0.39, 0.29) is 0 Å². The summed E-state index contributed by atoms with van der Waals surface area (Å²) in [6, 6.07) is 8.26. The van der Waals surface area contributed by atoms with E-state index in [9.17, 15) is 0 Å². The average molecular weight is 290 g/mol. The van der Waals surface area contributed by atoms with Crippen molar-refractivity contribution in [1.82, 2.24) is 15.3 Å². The summed E-state index contributed by atoms with van der Waals surface area (Å²) < 4.78 is 5.59. The van der Waals surface area contributed by atoms with Crippen molar-refractivity contribution in [2.24, 2.45) is 0 Å². The molecule has 0 saturated heterocycles. The zero-order valence-corrected chi connectivity index (χ0v) is 11.8. The van der Waals surface area contributed by atoms with Crippen molar-refractivity contribution in [1.29, 1.82) is 0 Å². The molecule has 1 aromatic heterocycles. The molecule has 1 saturated carbocycles. The topological polar surface area (TPSA) is 47.0 Å². The molecule has 1 aliphatic rings. The van der Waals surface area contributed by atoms with E-state index in [1.807, 2.05) is 24.3 Å². The van der Waals surface area contributed by atoms with Crippen molar-refractivity contribution in [2.75, 3.05) is 0 Å². The number of hydrogen-bond acceptors (Lipinski definition) is 4. The van der Waals surface area contributed by atoms with Gasteiger partial charge in [0.25, 0.3) is 0 Å². The lowest BCUT2D eigenvalue weighted by molar-refractivity contribution is 0.292. The number of aromatic nitrogens is 2. The first-order chi connectivity index (χ1) is 9.79. The maximum Gasteiger partial charge on any atom is 0.232 e. The molecule has 0 aliphatic heterocycles. The fraction of sp³-hybridized carbons (Fsp3) is 0.333. The van der Waals surface area contributed by atoms with E-state index in [0.29, 0.717) is 23.6 Å². The molecule has 2 aromatic rings. The Morgan fingerprint density at radius 1 is 1.25 bits per heavy atom. The van der Waals surface area contributed by atoms with Crippen LogP contribution >= 0.6 is 11.6 Å². The third kappa shape index (κ3) is 3.92. The second-order valence-corrected chi connectivity index (χ2v) is 5.36. The summed E-state index contributed by atoms with van der Waals surface area (Å²) in [5.41, 5.74) is 1.95. The molecule has 1 N–H and O–H groups in total. The van der Waals surface area contributed by atoms with Crippen molar-refractivity contribution in [2.45, 2.75) is 32.0 Å². The van der Waals surface area contributed by atoms with Gasteiger partial charge in [0, 0.05) is 17.6 Å². The van der Waals surface area contributed by atoms with Crippen LogP contribution in [0.4, 0.5) is 0 Å². The molecule has 1 aromatic carbocycles. The highest BCUT2D eigenvalue weighted by Gasteiger charge is 2.20. The number of benzene rings is 1. The van der Waals surface area contributed by atoms with Crippen LogP contribution in [0.3, 0.4) is 0 Å². The molecule has 0 atom stereocenters. The zero-order valence-electron chi connectivity index (χ0n) is 11.1. The summed E-state index contributed by atoms with van der Waals surface area (Å²) in [6.45, 7) is 1.21. The predicted octanol–water partition coefficient (Wildman–Crippen LogP) is 2.96. The minimum absolute atomic E-state index is 0.439. The van der Waals surface area contributed by atoms with E-state index in [1.165, 1.54) is 12.8 Å². The summed E-state index contributed by atoms with van der Waals surface area (Å²) in [7, 11) is 0. The second kappa shape index (κ2) is 6.20. The lowest BCUT2D eigenvalue weighted by Crippen LogP contribution is -2.16. The molecule has 20 heavy (non-hydrogen) atoms. The Kier molecular flexibility index (Phi) is 4.14. The van der Waals surface area contributed by atoms with Crippen LogP contribution < -0.4 is 10.1 Å². The van der Waals surface area contributed by atoms with Crippen molar-refractivity contribution in [3.8, 4) is 5.88 Å². The lowest BCUT2D eigenvalue weighted by atomic mass is 10.2. The second-order valence-electron chi connectivity index (χ2n) is 4.92. The third-order valence-corrected chi connectivity index (χ3v) is 3.34. The Balaban J connectivity index is 1.52. The van der Waals surface area contributed by atoms with E-state index < -0.39 is 0 Å². The SMILES string of the molecule is Clc1cccc(COc2cnc(CNC3CC3)cn2)c1. The summed E-state index contributed by atoms with van der Waals surface area (Å²) in [5, 5.41) is 4.11. The van der Waals surface area contributed by atoms with Gasteiger partial charge in [-0.15, -0.1) is 0 Å². The Morgan fingerprint density at radius 3 is 2.85 bits per heavy atom. The van der Waals surface area contributed by atoms with Gasteiger partial charge in [-0.2, -0.15) is 0 Å². The van der Waals surface area contributed by atoms with Crippen LogP contribution in [0.5, 0.6) is 5.88 Å². The van der Waals surface area contributed by atoms with Crippen molar-refractivity contribution >= 4 is 11.6 Å². The van der Waals surface area contributed by atoms with Gasteiger partial charge in [0.1, 0.15) is 6.61 Å². The van der Waals surface area contributed by atoms with Gasteiger partial charge >= 0.3 is 0 Å². The molecular weight excluding hydrogens is 274 g/mol. The first-order valence-electron chi connectivity index (χ1n) is 6.71. The minimum Gasteiger partial charge on any atom is -0.472 e. The normalized spacial score (nSPS) is 14.2. The number of nitrogens with one attached hydrogen (secondary N) is 1. The average Bonchev–Trinajstić information content (AvgIpc) is 3.28. The molecule has 3 rings (SSSR count). The first-order valence-corrected chi connectivity index (χ1v) is 7.09. The van der Waals surface area contributed by atoms with Gasteiger partial charge in [0.05, 0.1) is 18.1 Å². The molecule has 1 fully saturated rings. The monoisotopic (exact) mass is 289 g/mol. The highest BCUT2D eigenvalue weighted by molar-refractivity contribution is 6.30. The van der Waals surface area contributed by atoms with Crippen molar-refractivity contribution in [3.05, 3.63) is 52.9 Å². The smallest absolute Gasteiger partial charge is 0.232 e. The summed E-state index contributed by atoms with van der Waals surface area (Å²) >= 11 is 5.92. The van der Waals surface area contributed by atoms with E-state index in [4.69, 9.17) is 16.3 Å². The third-order valence-electron chi connectivity index (χ3n) is 3.11. The zero-order chi connectivity index (χ0) is 13.8. The van der Waals surface area contributed by atoms with Gasteiger partial charge in [0.2, 0.25) is 5.88 Å². The van der Waals surface area contributed by atoms with Crippen LogP contribution in [0, 0.1) is 0 Å². The maximum absolute atomic E-state index is 5.92. The van der Waals surface area contributed by atoms with Gasteiger partial charge in [-0.05, 0) is 30.5 Å². The van der Waals surface area contributed by atoms with Gasteiger partial charge in [0.15, 0.2) is 0 Å². The van der Waals surface area contributed by atoms with Crippen LogP contribution in [0.1, 0.15) is 24.1 Å². The standard InChI is InChI=1S/C15H16ClN3O/c16-12-3-1-2-11(6-12)10-20-15-9-18-14(8-19-15)7-17-13-4-5-13/h1-3,6,8-9,13,17H,4-5,7,10H2. The van der Waals surface area contributed by atoms with Gasteiger partial charge in [-0.1, -0.05) is 23.7 Å². The molecule has 4 nitrogen and oxygen atoms in total. The van der Waals surface area contributed by atoms with Gasteiger partial charge in [-0.3, -0.25) is 4.98 Å². The maximum atomic E-state index is 5.92. The molecular formula is C15H16ClN3O. The fourth-order valence-corrected chi connectivity index (χ4v) is 2.04. The molecule has 104 valence electrons. The van der Waals surface area contributed by atoms with Gasteiger partial charge in [-0.25, -0.2) is 4.98 Å². The first kappa shape index (κ1) is 13.3. The molecule has 0 bridgehead atoms. The molecule has 0 spiro atoms. The lowest BCUT2D eigenvalue weighted by Gasteiger charge is -2.06. The van der Waals surface area contributed by atoms with Crippen LogP contribution in [0.15, 0.2) is 36.7 Å². The van der Waals surface area contributed by atoms with Crippen molar-refractivity contribution < 1.29 is 4.74 Å². The van der Waals surface area contributed by atoms with E-state index >= 15 is 0 Å². The van der Waals surface area contributed by atoms with Crippen LogP contribution in [0.25, 0.3) is 0 Å². The van der Waals surface area contributed by atoms with Crippen LogP contribution in [0.2, 0.25) is 5.02 Å². The van der Waals surface area contributed by atoms with E-state index in [2.05, 4.69) is 15.3 Å². The Morgan fingerprint density at radius 2 is 2.15 bits per heavy atom. The number of ether oxygens (including phenoxy) is 1. The quantitative estimate of drug-likeness (QED) is 0.888. The van der Waals surface area contributed by atoms with Crippen molar-refractivity contribution in [3.63, 3.8) is 0 Å². The summed E-state index contributed by atoms with van der Waals surface area (Å²) in [6.07, 6.45) is 5.96. The highest BCUT2D eigenvalue weighted by Crippen LogP contribution is 2.19. The molecule has 0 unspecified atom stereocenters. The predicted molar refractivity (Wildman–Crippen MR) is 77.7 cm³/mol. The molecule has 1 aliphatic carbocycles. The van der Waals surface area contributed by atoms with E-state index in [1.54, 1.807) is 12.4 Å². The molecule has 0 amide bonds. The Labute approximate surface area is 123 Å². The summed E-state index contributed by atoms with van der Waals surface area (Å²) in [5.74, 6) is 0.528. The number of rotatable bonds is 6. The summed E-state index contributed by atoms with van der Waals surface area (Å²) in [4.78, 5) is 8.59. The minimum atomic E-state index is 0.439. The molecule has 0 radical (unpaired) electrons. The Bertz CT molecular complexity index is 570. The van der Waals surface area contributed by atoms with Crippen LogP contribution in [-0.2, 0) is 13.2 Å². The number of nitrogens with zero attached hydrogens (tertiary/aromatic N) is 2. The van der Waals surface area contributed by atoms with E-state index in [0.717, 1.165) is 17.8 Å². The number of halogens is 1.